The van der Waals surface area contributed by atoms with E-state index in [-0.39, 0.29) is 30.3 Å². The van der Waals surface area contributed by atoms with Gasteiger partial charge in [-0.2, -0.15) is 0 Å². The maximum Gasteiger partial charge on any atom is 0.335 e. The molecule has 1 N–H and O–H groups in total. The maximum atomic E-state index is 15.3. The number of aromatic carboxylic acids is 1. The molecule has 0 unspecified atom stereocenters. The van der Waals surface area contributed by atoms with Gasteiger partial charge in [0, 0.05) is 25.6 Å². The summed E-state index contributed by atoms with van der Waals surface area (Å²) in [5.41, 5.74) is 3.86. The number of carboxylic acids is 1. The lowest BCUT2D eigenvalue weighted by atomic mass is 10.0. The van der Waals surface area contributed by atoms with E-state index in [0.717, 1.165) is 5.56 Å². The fourth-order valence-electron chi connectivity index (χ4n) is 4.34. The van der Waals surface area contributed by atoms with Gasteiger partial charge < -0.3 is 23.7 Å². The zero-order chi connectivity index (χ0) is 27.5. The highest BCUT2D eigenvalue weighted by atomic mass is 19.1. The van der Waals surface area contributed by atoms with Crippen LogP contribution in [0.25, 0.3) is 22.2 Å². The fourth-order valence-corrected chi connectivity index (χ4v) is 4.34. The molecule has 0 fully saturated rings. The monoisotopic (exact) mass is 533 g/mol. The van der Waals surface area contributed by atoms with Crippen molar-refractivity contribution in [3.8, 4) is 17.0 Å². The molecule has 0 amide bonds. The fraction of sp³-hybridized carbons (Fsp3) is 0.207. The van der Waals surface area contributed by atoms with Gasteiger partial charge in [0.05, 0.1) is 28.8 Å². The third-order valence-electron chi connectivity index (χ3n) is 6.42. The number of aromatic nitrogens is 3. The number of hydrogen-bond acceptors (Lipinski definition) is 6. The lowest BCUT2D eigenvalue weighted by Crippen LogP contribution is -2.10. The molecule has 0 aliphatic rings. The number of halogens is 2. The molecule has 2 aromatic heterocycles. The van der Waals surface area contributed by atoms with E-state index in [4.69, 9.17) is 14.0 Å². The number of nitrogens with zero attached hydrogens (tertiary/aromatic N) is 3. The van der Waals surface area contributed by atoms with Crippen molar-refractivity contribution < 1.29 is 32.7 Å². The number of fused-ring (bicyclic) bond motifs is 1. The van der Waals surface area contributed by atoms with Crippen molar-refractivity contribution in [1.29, 1.82) is 0 Å². The molecule has 5 aromatic rings. The first-order valence-electron chi connectivity index (χ1n) is 12.2. The van der Waals surface area contributed by atoms with Crippen LogP contribution in [0.5, 0.6) is 5.88 Å². The van der Waals surface area contributed by atoms with Gasteiger partial charge in [0.2, 0.25) is 0 Å². The van der Waals surface area contributed by atoms with Crippen LogP contribution in [-0.4, -0.2) is 39.5 Å². The van der Waals surface area contributed by atoms with E-state index >= 15 is 4.39 Å². The van der Waals surface area contributed by atoms with E-state index in [1.54, 1.807) is 50.4 Å². The molecule has 200 valence electrons. The Kier molecular flexibility index (Phi) is 7.38. The van der Waals surface area contributed by atoms with Crippen molar-refractivity contribution in [3.05, 3.63) is 101 Å². The van der Waals surface area contributed by atoms with Crippen LogP contribution in [0.2, 0.25) is 0 Å². The lowest BCUT2D eigenvalue weighted by molar-refractivity contribution is 0.0697. The summed E-state index contributed by atoms with van der Waals surface area (Å²) in [6.45, 7) is 2.54. The summed E-state index contributed by atoms with van der Waals surface area (Å²) in [5, 5.41) is 13.2. The number of imidazole rings is 1. The summed E-state index contributed by atoms with van der Waals surface area (Å²) in [6.07, 6.45) is 1.52. The van der Waals surface area contributed by atoms with E-state index in [1.165, 1.54) is 24.5 Å². The molecule has 3 aromatic carbocycles. The maximum absolute atomic E-state index is 15.3. The van der Waals surface area contributed by atoms with Gasteiger partial charge in [-0.3, -0.25) is 0 Å². The van der Waals surface area contributed by atoms with Gasteiger partial charge in [0.15, 0.2) is 0 Å². The van der Waals surface area contributed by atoms with Gasteiger partial charge in [0.25, 0.3) is 5.88 Å². The van der Waals surface area contributed by atoms with Gasteiger partial charge in [0.1, 0.15) is 30.3 Å². The number of benzene rings is 3. The number of hydrogen-bond donors (Lipinski definition) is 1. The van der Waals surface area contributed by atoms with Crippen LogP contribution < -0.4 is 4.74 Å². The molecular weight excluding hydrogens is 508 g/mol. The Morgan fingerprint density at radius 3 is 2.59 bits per heavy atom. The topological polar surface area (TPSA) is 99.6 Å². The number of carboxylic acid groups (broad SMARTS) is 1. The first-order valence-corrected chi connectivity index (χ1v) is 12.2. The van der Waals surface area contributed by atoms with Gasteiger partial charge in [-0.25, -0.2) is 18.6 Å². The third kappa shape index (κ3) is 5.51. The van der Waals surface area contributed by atoms with Crippen molar-refractivity contribution in [3.63, 3.8) is 0 Å². The highest BCUT2D eigenvalue weighted by molar-refractivity contribution is 5.92. The molecule has 0 radical (unpaired) electrons. The van der Waals surface area contributed by atoms with Gasteiger partial charge >= 0.3 is 5.97 Å². The second-order valence-corrected chi connectivity index (χ2v) is 9.08. The first kappa shape index (κ1) is 26.1. The van der Waals surface area contributed by atoms with Crippen LogP contribution in [0.3, 0.4) is 0 Å². The molecule has 5 rings (SSSR count). The van der Waals surface area contributed by atoms with Gasteiger partial charge in [-0.1, -0.05) is 24.3 Å². The van der Waals surface area contributed by atoms with Crippen LogP contribution in [-0.2, 0) is 24.3 Å². The van der Waals surface area contributed by atoms with Gasteiger partial charge in [-0.05, 0) is 59.1 Å². The Morgan fingerprint density at radius 2 is 1.85 bits per heavy atom. The largest absolute Gasteiger partial charge is 0.478 e. The molecule has 0 spiro atoms. The summed E-state index contributed by atoms with van der Waals surface area (Å²) in [6, 6.07) is 14.2. The molecule has 0 saturated heterocycles. The highest BCUT2D eigenvalue weighted by Gasteiger charge is 2.18. The van der Waals surface area contributed by atoms with Crippen molar-refractivity contribution in [2.75, 3.05) is 13.7 Å². The third-order valence-corrected chi connectivity index (χ3v) is 6.42. The molecule has 8 nitrogen and oxygen atoms in total. The van der Waals surface area contributed by atoms with Crippen LogP contribution in [0.4, 0.5) is 8.78 Å². The number of rotatable bonds is 10. The average Bonchev–Trinajstić information content (AvgIpc) is 3.52. The van der Waals surface area contributed by atoms with E-state index in [2.05, 4.69) is 10.1 Å². The summed E-state index contributed by atoms with van der Waals surface area (Å²) < 4.78 is 47.3. The Labute approximate surface area is 222 Å². The Balaban J connectivity index is 1.39. The smallest absolute Gasteiger partial charge is 0.335 e. The van der Waals surface area contributed by atoms with Crippen LogP contribution in [0.1, 0.15) is 32.9 Å². The van der Waals surface area contributed by atoms with E-state index in [9.17, 15) is 14.3 Å². The van der Waals surface area contributed by atoms with E-state index in [0.29, 0.717) is 52.3 Å². The second kappa shape index (κ2) is 11.0. The van der Waals surface area contributed by atoms with Crippen molar-refractivity contribution in [2.24, 2.45) is 0 Å². The summed E-state index contributed by atoms with van der Waals surface area (Å²) in [5.74, 6) is -1.20. The highest BCUT2D eigenvalue weighted by Crippen LogP contribution is 2.31. The van der Waals surface area contributed by atoms with Crippen molar-refractivity contribution in [1.82, 2.24) is 14.7 Å². The molecule has 2 heterocycles. The molecular formula is C29H25F2N3O5. The molecule has 0 saturated carbocycles. The van der Waals surface area contributed by atoms with Crippen LogP contribution >= 0.6 is 0 Å². The zero-order valence-corrected chi connectivity index (χ0v) is 21.3. The minimum atomic E-state index is -1.04. The molecule has 0 aliphatic carbocycles. The zero-order valence-electron chi connectivity index (χ0n) is 21.3. The summed E-state index contributed by atoms with van der Waals surface area (Å²) in [4.78, 5) is 16.1. The lowest BCUT2D eigenvalue weighted by Gasteiger charge is -2.11. The molecule has 0 atom stereocenters. The Hall–Kier alpha value is -4.57. The second-order valence-electron chi connectivity index (χ2n) is 9.08. The van der Waals surface area contributed by atoms with Crippen molar-refractivity contribution >= 4 is 17.0 Å². The standard InChI is InChI=1S/C29H25F2N3O5/c1-17-3-4-21(23(30)11-17)15-38-28-22(16-39-33-28)18-5-6-19(24(31)12-18)14-27-32-25-8-7-20(29(35)36)13-26(25)34(27)9-10-37-2/h3-8,11-13,16H,9-10,14-15H2,1-2H3,(H,35,36). The molecule has 0 aliphatic heterocycles. The molecule has 39 heavy (non-hydrogen) atoms. The Bertz CT molecular complexity index is 1660. The predicted octanol–water partition coefficient (Wildman–Crippen LogP) is 5.79. The van der Waals surface area contributed by atoms with Crippen molar-refractivity contribution in [2.45, 2.75) is 26.5 Å². The van der Waals surface area contributed by atoms with Crippen LogP contribution in [0, 0.1) is 18.6 Å². The molecule has 10 heteroatoms. The quantitative estimate of drug-likeness (QED) is 0.242. The van der Waals surface area contributed by atoms with Crippen LogP contribution in [0.15, 0.2) is 65.4 Å². The first-order chi connectivity index (χ1) is 18.8. The van der Waals surface area contributed by atoms with Gasteiger partial charge in [-0.15, -0.1) is 0 Å². The minimum Gasteiger partial charge on any atom is -0.478 e. The number of methoxy groups -OCH3 is 1. The number of carbonyl (C=O) groups is 1. The average molecular weight is 534 g/mol. The predicted molar refractivity (Wildman–Crippen MR) is 139 cm³/mol. The number of aryl methyl sites for hydroxylation is 1. The SMILES string of the molecule is COCCn1c(Cc2ccc(-c3conc3OCc3ccc(C)cc3F)cc2F)nc2ccc(C(=O)O)cc21. The number of ether oxygens (including phenoxy) is 2. The summed E-state index contributed by atoms with van der Waals surface area (Å²) in [7, 11) is 1.57. The Morgan fingerprint density at radius 1 is 1.05 bits per heavy atom. The molecule has 0 bridgehead atoms. The van der Waals surface area contributed by atoms with E-state index < -0.39 is 11.8 Å². The van der Waals surface area contributed by atoms with E-state index in [1.807, 2.05) is 4.57 Å². The normalized spacial score (nSPS) is 11.3. The minimum absolute atomic E-state index is 0.0620. The summed E-state index contributed by atoms with van der Waals surface area (Å²) >= 11 is 0.